The molecule has 2 aromatic rings. The Labute approximate surface area is 201 Å². The number of nitrogens with one attached hydrogen (secondary N) is 2. The SMILES string of the molecule is Cc1cccc(N(CC(=O)NC2CCCC2)C(=O)C[S@@](=O)CC(=O)Nc2ccc(F)cc2)c1C. The molecule has 2 N–H and O–H groups in total. The molecule has 7 nitrogen and oxygen atoms in total. The predicted molar refractivity (Wildman–Crippen MR) is 132 cm³/mol. The maximum absolute atomic E-state index is 13.1. The van der Waals surface area contributed by atoms with E-state index in [1.807, 2.05) is 19.9 Å². The van der Waals surface area contributed by atoms with Crippen molar-refractivity contribution >= 4 is 39.9 Å². The fourth-order valence-corrected chi connectivity index (χ4v) is 4.86. The Morgan fingerprint density at radius 2 is 1.68 bits per heavy atom. The van der Waals surface area contributed by atoms with Gasteiger partial charge in [-0.3, -0.25) is 18.6 Å². The lowest BCUT2D eigenvalue weighted by Crippen LogP contribution is -2.45. The highest BCUT2D eigenvalue weighted by Crippen LogP contribution is 2.23. The molecular weight excluding hydrogens is 457 g/mol. The fraction of sp³-hybridized carbons (Fsp3) is 0.400. The first-order valence-electron chi connectivity index (χ1n) is 11.3. The van der Waals surface area contributed by atoms with Gasteiger partial charge in [0, 0.05) is 28.2 Å². The van der Waals surface area contributed by atoms with Crippen LogP contribution in [-0.4, -0.2) is 46.0 Å². The number of aryl methyl sites for hydroxylation is 1. The third-order valence-electron chi connectivity index (χ3n) is 5.89. The van der Waals surface area contributed by atoms with Crippen molar-refractivity contribution in [3.63, 3.8) is 0 Å². The Bertz CT molecular complexity index is 1070. The molecule has 1 aliphatic carbocycles. The van der Waals surface area contributed by atoms with Crippen molar-refractivity contribution in [1.82, 2.24) is 5.32 Å². The Hall–Kier alpha value is -3.07. The summed E-state index contributed by atoms with van der Waals surface area (Å²) in [5.74, 6) is -2.53. The first kappa shape index (κ1) is 25.6. The summed E-state index contributed by atoms with van der Waals surface area (Å²) in [4.78, 5) is 39.4. The summed E-state index contributed by atoms with van der Waals surface area (Å²) in [6.07, 6.45) is 4.00. The van der Waals surface area contributed by atoms with Crippen LogP contribution >= 0.6 is 0 Å². The molecule has 34 heavy (non-hydrogen) atoms. The fourth-order valence-electron chi connectivity index (χ4n) is 3.97. The van der Waals surface area contributed by atoms with E-state index < -0.39 is 39.9 Å². The highest BCUT2D eigenvalue weighted by atomic mass is 32.2. The normalized spacial score (nSPS) is 14.4. The lowest BCUT2D eigenvalue weighted by atomic mass is 10.1. The van der Waals surface area contributed by atoms with Crippen molar-refractivity contribution in [3.8, 4) is 0 Å². The molecule has 9 heteroatoms. The van der Waals surface area contributed by atoms with Gasteiger partial charge in [-0.05, 0) is 68.1 Å². The number of benzene rings is 2. The van der Waals surface area contributed by atoms with Gasteiger partial charge in [-0.1, -0.05) is 25.0 Å². The van der Waals surface area contributed by atoms with E-state index in [1.165, 1.54) is 29.2 Å². The third-order valence-corrected chi connectivity index (χ3v) is 7.05. The van der Waals surface area contributed by atoms with Gasteiger partial charge in [-0.25, -0.2) is 4.39 Å². The van der Waals surface area contributed by atoms with Gasteiger partial charge in [0.1, 0.15) is 23.9 Å². The Balaban J connectivity index is 1.66. The molecule has 3 rings (SSSR count). The number of carbonyl (C=O) groups is 3. The predicted octanol–water partition coefficient (Wildman–Crippen LogP) is 3.22. The van der Waals surface area contributed by atoms with E-state index in [2.05, 4.69) is 10.6 Å². The minimum Gasteiger partial charge on any atom is -0.352 e. The standard InChI is InChI=1S/C25H30FN3O4S/c1-17-6-5-9-22(18(17)2)29(14-23(30)27-20-7-3-4-8-20)25(32)16-34(33)15-24(31)28-21-12-10-19(26)11-13-21/h5-6,9-13,20H,3-4,7-8,14-16H2,1-2H3,(H,27,30)(H,28,31)/t34-/m0/s1. The highest BCUT2D eigenvalue weighted by molar-refractivity contribution is 7.86. The van der Waals surface area contributed by atoms with Gasteiger partial charge in [0.2, 0.25) is 17.7 Å². The second-order valence-corrected chi connectivity index (χ2v) is 9.99. The van der Waals surface area contributed by atoms with E-state index in [0.717, 1.165) is 36.8 Å². The molecule has 0 aliphatic heterocycles. The largest absolute Gasteiger partial charge is 0.352 e. The maximum Gasteiger partial charge on any atom is 0.240 e. The molecule has 3 amide bonds. The Morgan fingerprint density at radius 3 is 2.35 bits per heavy atom. The first-order valence-corrected chi connectivity index (χ1v) is 12.8. The summed E-state index contributed by atoms with van der Waals surface area (Å²) in [5.41, 5.74) is 2.77. The molecule has 0 heterocycles. The molecule has 1 aliphatic rings. The van der Waals surface area contributed by atoms with Gasteiger partial charge in [0.05, 0.1) is 0 Å². The molecule has 0 aromatic heterocycles. The van der Waals surface area contributed by atoms with Gasteiger partial charge in [0.15, 0.2) is 0 Å². The lowest BCUT2D eigenvalue weighted by Gasteiger charge is -2.25. The average Bonchev–Trinajstić information content (AvgIpc) is 3.28. The van der Waals surface area contributed by atoms with E-state index >= 15 is 0 Å². The van der Waals surface area contributed by atoms with Gasteiger partial charge in [-0.2, -0.15) is 0 Å². The smallest absolute Gasteiger partial charge is 0.240 e. The minimum atomic E-state index is -1.79. The number of anilines is 2. The van der Waals surface area contributed by atoms with Gasteiger partial charge in [0.25, 0.3) is 0 Å². The molecule has 2 aromatic carbocycles. The van der Waals surface area contributed by atoms with E-state index in [9.17, 15) is 23.0 Å². The summed E-state index contributed by atoms with van der Waals surface area (Å²) < 4.78 is 25.6. The number of nitrogens with zero attached hydrogens (tertiary/aromatic N) is 1. The van der Waals surface area contributed by atoms with Gasteiger partial charge >= 0.3 is 0 Å². The molecule has 1 atom stereocenters. The zero-order valence-electron chi connectivity index (χ0n) is 19.4. The van der Waals surface area contributed by atoms with Crippen LogP contribution in [-0.2, 0) is 25.2 Å². The minimum absolute atomic E-state index is 0.118. The zero-order valence-corrected chi connectivity index (χ0v) is 20.3. The molecule has 0 unspecified atom stereocenters. The molecule has 182 valence electrons. The first-order chi connectivity index (χ1) is 16.2. The van der Waals surface area contributed by atoms with Crippen LogP contribution in [0.4, 0.5) is 15.8 Å². The molecule has 0 spiro atoms. The molecule has 0 radical (unpaired) electrons. The topological polar surface area (TPSA) is 95.6 Å². The molecule has 1 saturated carbocycles. The van der Waals surface area contributed by atoms with Crippen molar-refractivity contribution in [1.29, 1.82) is 0 Å². The van der Waals surface area contributed by atoms with Crippen LogP contribution in [0, 0.1) is 19.7 Å². The molecule has 0 saturated heterocycles. The van der Waals surface area contributed by atoms with E-state index in [4.69, 9.17) is 0 Å². The van der Waals surface area contributed by atoms with Crippen LogP contribution in [0.5, 0.6) is 0 Å². The van der Waals surface area contributed by atoms with Crippen LogP contribution in [0.3, 0.4) is 0 Å². The van der Waals surface area contributed by atoms with Crippen LogP contribution < -0.4 is 15.5 Å². The van der Waals surface area contributed by atoms with E-state index in [1.54, 1.807) is 12.1 Å². The van der Waals surface area contributed by atoms with E-state index in [0.29, 0.717) is 11.4 Å². The van der Waals surface area contributed by atoms with Crippen molar-refractivity contribution in [3.05, 3.63) is 59.4 Å². The van der Waals surface area contributed by atoms with Crippen LogP contribution in [0.2, 0.25) is 0 Å². The second-order valence-electron chi connectivity index (χ2n) is 8.53. The summed E-state index contributed by atoms with van der Waals surface area (Å²) >= 11 is 0. The van der Waals surface area contributed by atoms with Crippen LogP contribution in [0.1, 0.15) is 36.8 Å². The number of hydrogen-bond donors (Lipinski definition) is 2. The molecular formula is C25H30FN3O4S. The summed E-state index contributed by atoms with van der Waals surface area (Å²) in [6, 6.07) is 10.8. The monoisotopic (exact) mass is 487 g/mol. The van der Waals surface area contributed by atoms with Crippen molar-refractivity contribution in [2.24, 2.45) is 0 Å². The van der Waals surface area contributed by atoms with Crippen molar-refractivity contribution < 1.29 is 23.0 Å². The quantitative estimate of drug-likeness (QED) is 0.568. The maximum atomic E-state index is 13.1. The summed E-state index contributed by atoms with van der Waals surface area (Å²) in [7, 11) is -1.79. The average molecular weight is 488 g/mol. The number of carbonyl (C=O) groups excluding carboxylic acids is 3. The van der Waals surface area contributed by atoms with E-state index in [-0.39, 0.29) is 18.5 Å². The van der Waals surface area contributed by atoms with Crippen LogP contribution in [0.25, 0.3) is 0 Å². The number of rotatable bonds is 9. The van der Waals surface area contributed by atoms with Crippen molar-refractivity contribution in [2.45, 2.75) is 45.6 Å². The van der Waals surface area contributed by atoms with Gasteiger partial charge < -0.3 is 15.5 Å². The van der Waals surface area contributed by atoms with Gasteiger partial charge in [-0.15, -0.1) is 0 Å². The second kappa shape index (κ2) is 11.9. The molecule has 1 fully saturated rings. The third kappa shape index (κ3) is 7.21. The lowest BCUT2D eigenvalue weighted by molar-refractivity contribution is -0.123. The summed E-state index contributed by atoms with van der Waals surface area (Å²) in [5, 5.41) is 5.52. The van der Waals surface area contributed by atoms with Crippen molar-refractivity contribution in [2.75, 3.05) is 28.3 Å². The number of amides is 3. The molecule has 0 bridgehead atoms. The number of halogens is 1. The highest BCUT2D eigenvalue weighted by Gasteiger charge is 2.25. The summed E-state index contributed by atoms with van der Waals surface area (Å²) in [6.45, 7) is 3.60. The van der Waals surface area contributed by atoms with Crippen LogP contribution in [0.15, 0.2) is 42.5 Å². The Kier molecular flexibility index (Phi) is 8.92. The number of hydrogen-bond acceptors (Lipinski definition) is 4. The zero-order chi connectivity index (χ0) is 24.7. The Morgan fingerprint density at radius 1 is 1.00 bits per heavy atom.